The first-order valence-electron chi connectivity index (χ1n) is 8.23. The summed E-state index contributed by atoms with van der Waals surface area (Å²) in [5, 5.41) is 7.53. The van der Waals surface area contributed by atoms with E-state index < -0.39 is 11.9 Å². The number of esters is 1. The first kappa shape index (κ1) is 20.9. The monoisotopic (exact) mass is 412 g/mol. The van der Waals surface area contributed by atoms with Crippen molar-refractivity contribution >= 4 is 45.7 Å². The van der Waals surface area contributed by atoms with Crippen molar-refractivity contribution in [2.45, 2.75) is 46.8 Å². The van der Waals surface area contributed by atoms with Gasteiger partial charge in [0.1, 0.15) is 5.00 Å². The van der Waals surface area contributed by atoms with Gasteiger partial charge in [-0.2, -0.15) is 5.10 Å². The number of primary amides is 1. The van der Waals surface area contributed by atoms with E-state index in [0.717, 1.165) is 17.0 Å². The van der Waals surface area contributed by atoms with E-state index in [1.165, 1.54) is 6.20 Å². The third kappa shape index (κ3) is 4.86. The minimum absolute atomic E-state index is 0.111. The van der Waals surface area contributed by atoms with E-state index in [-0.39, 0.29) is 33.9 Å². The van der Waals surface area contributed by atoms with Gasteiger partial charge in [-0.3, -0.25) is 14.3 Å². The van der Waals surface area contributed by atoms with Crippen LogP contribution in [0, 0.1) is 13.8 Å². The number of aromatic nitrogens is 2. The summed E-state index contributed by atoms with van der Waals surface area (Å²) in [6.45, 7) is 7.14. The largest absolute Gasteiger partial charge is 0.459 e. The Morgan fingerprint density at radius 3 is 2.56 bits per heavy atom. The molecule has 0 radical (unpaired) electrons. The Hall–Kier alpha value is -2.39. The fourth-order valence-corrected chi connectivity index (χ4v) is 3.61. The lowest BCUT2D eigenvalue weighted by Crippen LogP contribution is -2.18. The average Bonchev–Trinajstić information content (AvgIpc) is 3.05. The lowest BCUT2D eigenvalue weighted by Gasteiger charge is -2.10. The van der Waals surface area contributed by atoms with E-state index in [9.17, 15) is 14.4 Å². The van der Waals surface area contributed by atoms with Gasteiger partial charge in [0.05, 0.1) is 40.0 Å². The molecule has 2 aromatic rings. The van der Waals surface area contributed by atoms with E-state index in [0.29, 0.717) is 17.1 Å². The molecule has 0 saturated carbocycles. The zero-order valence-corrected chi connectivity index (χ0v) is 17.0. The molecule has 0 spiro atoms. The Morgan fingerprint density at radius 1 is 1.37 bits per heavy atom. The molecule has 10 heteroatoms. The summed E-state index contributed by atoms with van der Waals surface area (Å²) in [5.41, 5.74) is 6.66. The second kappa shape index (κ2) is 8.53. The SMILES string of the molecule is Cc1c(C(N)=O)sc(NC(=O)CCn2ncc(Cl)c2C)c1C(=O)OC(C)C. The highest BCUT2D eigenvalue weighted by Gasteiger charge is 2.26. The summed E-state index contributed by atoms with van der Waals surface area (Å²) in [6.07, 6.45) is 1.28. The number of thiophene rings is 1. The molecule has 0 fully saturated rings. The average molecular weight is 413 g/mol. The van der Waals surface area contributed by atoms with Crippen LogP contribution >= 0.6 is 22.9 Å². The maximum Gasteiger partial charge on any atom is 0.341 e. The predicted molar refractivity (Wildman–Crippen MR) is 103 cm³/mol. The number of halogens is 1. The van der Waals surface area contributed by atoms with Gasteiger partial charge in [-0.25, -0.2) is 4.79 Å². The summed E-state index contributed by atoms with van der Waals surface area (Å²) >= 11 is 6.90. The minimum Gasteiger partial charge on any atom is -0.459 e. The molecule has 27 heavy (non-hydrogen) atoms. The van der Waals surface area contributed by atoms with Crippen LogP contribution in [-0.2, 0) is 16.1 Å². The van der Waals surface area contributed by atoms with Crippen molar-refractivity contribution in [2.24, 2.45) is 5.73 Å². The molecule has 2 heterocycles. The highest BCUT2D eigenvalue weighted by molar-refractivity contribution is 7.18. The van der Waals surface area contributed by atoms with Crippen molar-refractivity contribution in [1.82, 2.24) is 9.78 Å². The van der Waals surface area contributed by atoms with E-state index in [1.54, 1.807) is 32.4 Å². The van der Waals surface area contributed by atoms with Crippen LogP contribution in [0.1, 0.15) is 51.6 Å². The molecule has 0 aliphatic rings. The van der Waals surface area contributed by atoms with Crippen LogP contribution in [0.15, 0.2) is 6.20 Å². The van der Waals surface area contributed by atoms with Crippen molar-refractivity contribution < 1.29 is 19.1 Å². The Balaban J connectivity index is 2.19. The second-order valence-corrected chi connectivity index (χ2v) is 7.61. The van der Waals surface area contributed by atoms with Crippen molar-refractivity contribution in [3.8, 4) is 0 Å². The van der Waals surface area contributed by atoms with Crippen LogP contribution in [0.2, 0.25) is 5.02 Å². The summed E-state index contributed by atoms with van der Waals surface area (Å²) in [7, 11) is 0. The van der Waals surface area contributed by atoms with Gasteiger partial charge in [0.25, 0.3) is 5.91 Å². The zero-order chi connectivity index (χ0) is 20.3. The van der Waals surface area contributed by atoms with Crippen molar-refractivity contribution in [1.29, 1.82) is 0 Å². The van der Waals surface area contributed by atoms with Gasteiger partial charge < -0.3 is 15.8 Å². The molecule has 8 nitrogen and oxygen atoms in total. The van der Waals surface area contributed by atoms with Crippen LogP contribution in [0.4, 0.5) is 5.00 Å². The minimum atomic E-state index is -0.668. The van der Waals surface area contributed by atoms with Gasteiger partial charge >= 0.3 is 5.97 Å². The van der Waals surface area contributed by atoms with Crippen LogP contribution < -0.4 is 11.1 Å². The Morgan fingerprint density at radius 2 is 2.04 bits per heavy atom. The summed E-state index contributed by atoms with van der Waals surface area (Å²) in [6, 6.07) is 0. The molecule has 2 aromatic heterocycles. The Bertz CT molecular complexity index is 888. The van der Waals surface area contributed by atoms with Crippen molar-refractivity contribution in [3.05, 3.63) is 32.9 Å². The zero-order valence-electron chi connectivity index (χ0n) is 15.5. The predicted octanol–water partition coefficient (Wildman–Crippen LogP) is 2.91. The number of aryl methyl sites for hydroxylation is 1. The molecule has 0 bridgehead atoms. The van der Waals surface area contributed by atoms with Gasteiger partial charge in [-0.15, -0.1) is 11.3 Å². The van der Waals surface area contributed by atoms with Gasteiger partial charge in [-0.1, -0.05) is 11.6 Å². The number of carbonyl (C=O) groups is 3. The summed E-state index contributed by atoms with van der Waals surface area (Å²) in [5.74, 6) is -1.62. The molecule has 0 aromatic carbocycles. The number of ether oxygens (including phenoxy) is 1. The fraction of sp³-hybridized carbons (Fsp3) is 0.412. The molecule has 0 atom stereocenters. The fourth-order valence-electron chi connectivity index (χ4n) is 2.40. The van der Waals surface area contributed by atoms with Crippen molar-refractivity contribution in [2.75, 3.05) is 5.32 Å². The topological polar surface area (TPSA) is 116 Å². The number of hydrogen-bond acceptors (Lipinski definition) is 6. The quantitative estimate of drug-likeness (QED) is 0.678. The molecule has 2 amide bonds. The van der Waals surface area contributed by atoms with E-state index in [4.69, 9.17) is 22.1 Å². The number of nitrogens with zero attached hydrogens (tertiary/aromatic N) is 2. The van der Waals surface area contributed by atoms with Crippen LogP contribution in [0.25, 0.3) is 0 Å². The molecule has 146 valence electrons. The third-order valence-corrected chi connectivity index (χ3v) is 5.36. The van der Waals surface area contributed by atoms with Crippen LogP contribution in [-0.4, -0.2) is 33.7 Å². The van der Waals surface area contributed by atoms with E-state index in [2.05, 4.69) is 10.4 Å². The first-order chi connectivity index (χ1) is 12.6. The lowest BCUT2D eigenvalue weighted by atomic mass is 10.1. The van der Waals surface area contributed by atoms with Gasteiger partial charge in [0.2, 0.25) is 5.91 Å². The van der Waals surface area contributed by atoms with Gasteiger partial charge in [-0.05, 0) is 33.3 Å². The lowest BCUT2D eigenvalue weighted by molar-refractivity contribution is -0.116. The summed E-state index contributed by atoms with van der Waals surface area (Å²) < 4.78 is 6.83. The second-order valence-electron chi connectivity index (χ2n) is 6.18. The maximum absolute atomic E-state index is 12.4. The molecule has 0 unspecified atom stereocenters. The van der Waals surface area contributed by atoms with E-state index >= 15 is 0 Å². The summed E-state index contributed by atoms with van der Waals surface area (Å²) in [4.78, 5) is 36.6. The number of nitrogens with one attached hydrogen (secondary N) is 1. The van der Waals surface area contributed by atoms with Gasteiger partial charge in [0.15, 0.2) is 0 Å². The smallest absolute Gasteiger partial charge is 0.341 e. The number of anilines is 1. The molecular formula is C17H21ClN4O4S. The van der Waals surface area contributed by atoms with Gasteiger partial charge in [0, 0.05) is 6.42 Å². The molecule has 0 aliphatic carbocycles. The molecular weight excluding hydrogens is 392 g/mol. The van der Waals surface area contributed by atoms with E-state index in [1.807, 2.05) is 0 Å². The normalized spacial score (nSPS) is 10.9. The number of amides is 2. The standard InChI is InChI=1S/C17H21ClN4O4S/c1-8(2)26-17(25)13-9(3)14(15(19)24)27-16(13)21-12(23)5-6-22-10(4)11(18)7-20-22/h7-8H,5-6H2,1-4H3,(H2,19,24)(H,21,23). The number of carbonyl (C=O) groups excluding carboxylic acids is 3. The Labute approximate surface area is 165 Å². The first-order valence-corrected chi connectivity index (χ1v) is 9.43. The Kier molecular flexibility index (Phi) is 6.61. The highest BCUT2D eigenvalue weighted by Crippen LogP contribution is 2.33. The third-order valence-electron chi connectivity index (χ3n) is 3.76. The number of rotatable bonds is 7. The van der Waals surface area contributed by atoms with Crippen LogP contribution in [0.3, 0.4) is 0 Å². The molecule has 0 saturated heterocycles. The molecule has 2 rings (SSSR count). The molecule has 0 aliphatic heterocycles. The highest BCUT2D eigenvalue weighted by atomic mass is 35.5. The van der Waals surface area contributed by atoms with Crippen molar-refractivity contribution in [3.63, 3.8) is 0 Å². The number of hydrogen-bond donors (Lipinski definition) is 2. The molecule has 3 N–H and O–H groups in total. The maximum atomic E-state index is 12.4. The number of nitrogens with two attached hydrogens (primary N) is 1. The van der Waals surface area contributed by atoms with Crippen LogP contribution in [0.5, 0.6) is 0 Å².